The van der Waals surface area contributed by atoms with E-state index in [0.29, 0.717) is 28.5 Å². The van der Waals surface area contributed by atoms with E-state index in [9.17, 15) is 0 Å². The van der Waals surface area contributed by atoms with Gasteiger partial charge in [0.2, 0.25) is 0 Å². The lowest BCUT2D eigenvalue weighted by molar-refractivity contribution is -0.0841. The van der Waals surface area contributed by atoms with Crippen molar-refractivity contribution in [2.75, 3.05) is 26.4 Å². The van der Waals surface area contributed by atoms with Crippen molar-refractivity contribution >= 4 is 0 Å². The monoisotopic (exact) mass is 338 g/mol. The van der Waals surface area contributed by atoms with E-state index in [-0.39, 0.29) is 0 Å². The van der Waals surface area contributed by atoms with Crippen LogP contribution in [0, 0.1) is 16.2 Å². The molecule has 3 aliphatic heterocycles. The van der Waals surface area contributed by atoms with Crippen LogP contribution in [0.25, 0.3) is 0 Å². The fourth-order valence-corrected chi connectivity index (χ4v) is 5.13. The third-order valence-electron chi connectivity index (χ3n) is 7.32. The molecule has 0 spiro atoms. The van der Waals surface area contributed by atoms with Crippen LogP contribution in [0.15, 0.2) is 0 Å². The zero-order valence-electron chi connectivity index (χ0n) is 16.4. The largest absolute Gasteiger partial charge is 0.381 e. The zero-order valence-corrected chi connectivity index (χ0v) is 16.4. The van der Waals surface area contributed by atoms with Gasteiger partial charge in [-0.2, -0.15) is 0 Å². The molecule has 0 aromatic rings. The van der Waals surface area contributed by atoms with E-state index in [0.717, 1.165) is 32.8 Å². The second kappa shape index (κ2) is 7.25. The van der Waals surface area contributed by atoms with E-state index in [4.69, 9.17) is 14.2 Å². The van der Waals surface area contributed by atoms with Gasteiger partial charge in [-0.05, 0) is 61.2 Å². The maximum atomic E-state index is 6.22. The first-order chi connectivity index (χ1) is 11.4. The van der Waals surface area contributed by atoms with Gasteiger partial charge in [-0.1, -0.05) is 34.1 Å². The quantitative estimate of drug-likeness (QED) is 0.684. The number of ether oxygens (including phenoxy) is 3. The molecule has 3 aliphatic rings. The molecule has 3 rings (SSSR count). The molecule has 3 saturated heterocycles. The predicted molar refractivity (Wildman–Crippen MR) is 97.2 cm³/mol. The van der Waals surface area contributed by atoms with Crippen LogP contribution in [0.4, 0.5) is 0 Å². The van der Waals surface area contributed by atoms with Gasteiger partial charge in [0.15, 0.2) is 0 Å². The summed E-state index contributed by atoms with van der Waals surface area (Å²) in [5.41, 5.74) is 1.15. The minimum absolute atomic E-state index is 0.326. The van der Waals surface area contributed by atoms with Crippen molar-refractivity contribution in [1.29, 1.82) is 0 Å². The van der Waals surface area contributed by atoms with Gasteiger partial charge in [-0.15, -0.1) is 0 Å². The SMILES string of the molecule is CCC1(CC2C[C@@](C)(CC)CO2)CCOC(C[C@@]2(C)CCOC2)C1. The average molecular weight is 339 g/mol. The van der Waals surface area contributed by atoms with Crippen LogP contribution in [0.2, 0.25) is 0 Å². The van der Waals surface area contributed by atoms with Gasteiger partial charge in [0, 0.05) is 13.2 Å². The van der Waals surface area contributed by atoms with Gasteiger partial charge in [0.1, 0.15) is 0 Å². The molecule has 0 radical (unpaired) electrons. The van der Waals surface area contributed by atoms with Crippen LogP contribution >= 0.6 is 0 Å². The van der Waals surface area contributed by atoms with E-state index in [1.165, 1.54) is 44.9 Å². The highest BCUT2D eigenvalue weighted by atomic mass is 16.5. The highest BCUT2D eigenvalue weighted by Gasteiger charge is 2.44. The summed E-state index contributed by atoms with van der Waals surface area (Å²) in [6.07, 6.45) is 10.6. The van der Waals surface area contributed by atoms with Crippen molar-refractivity contribution in [1.82, 2.24) is 0 Å². The van der Waals surface area contributed by atoms with Crippen molar-refractivity contribution in [2.24, 2.45) is 16.2 Å². The Labute approximate surface area is 148 Å². The van der Waals surface area contributed by atoms with Crippen LogP contribution < -0.4 is 0 Å². The molecule has 24 heavy (non-hydrogen) atoms. The van der Waals surface area contributed by atoms with E-state index in [1.54, 1.807) is 0 Å². The molecule has 3 heteroatoms. The fourth-order valence-electron chi connectivity index (χ4n) is 5.13. The maximum Gasteiger partial charge on any atom is 0.0586 e. The van der Waals surface area contributed by atoms with Crippen LogP contribution in [-0.2, 0) is 14.2 Å². The summed E-state index contributed by atoms with van der Waals surface area (Å²) in [6.45, 7) is 13.1. The first-order valence-electron chi connectivity index (χ1n) is 10.2. The Morgan fingerprint density at radius 1 is 0.792 bits per heavy atom. The molecule has 0 aromatic carbocycles. The third kappa shape index (κ3) is 4.16. The summed E-state index contributed by atoms with van der Waals surface area (Å²) < 4.78 is 18.1. The van der Waals surface area contributed by atoms with E-state index in [1.807, 2.05) is 0 Å². The van der Waals surface area contributed by atoms with Crippen LogP contribution in [0.1, 0.15) is 79.1 Å². The van der Waals surface area contributed by atoms with Crippen LogP contribution in [0.3, 0.4) is 0 Å². The Kier molecular flexibility index (Phi) is 5.64. The lowest BCUT2D eigenvalue weighted by Gasteiger charge is -2.43. The molecule has 0 bridgehead atoms. The Morgan fingerprint density at radius 3 is 2.21 bits per heavy atom. The van der Waals surface area contributed by atoms with Gasteiger partial charge in [0.05, 0.1) is 25.4 Å². The van der Waals surface area contributed by atoms with Crippen LogP contribution in [-0.4, -0.2) is 38.6 Å². The second-order valence-corrected chi connectivity index (χ2v) is 9.62. The normalized spacial score (nSPS) is 46.5. The summed E-state index contributed by atoms with van der Waals surface area (Å²) in [7, 11) is 0. The average Bonchev–Trinajstić information content (AvgIpc) is 3.14. The lowest BCUT2D eigenvalue weighted by atomic mass is 9.68. The van der Waals surface area contributed by atoms with Crippen molar-refractivity contribution in [3.63, 3.8) is 0 Å². The first kappa shape index (κ1) is 18.7. The van der Waals surface area contributed by atoms with E-state index >= 15 is 0 Å². The van der Waals surface area contributed by atoms with Gasteiger partial charge in [0.25, 0.3) is 0 Å². The maximum absolute atomic E-state index is 6.22. The summed E-state index contributed by atoms with van der Waals surface area (Å²) in [5.74, 6) is 0. The number of hydrogen-bond donors (Lipinski definition) is 0. The molecule has 0 aliphatic carbocycles. The second-order valence-electron chi connectivity index (χ2n) is 9.62. The Balaban J connectivity index is 1.59. The molecular weight excluding hydrogens is 300 g/mol. The number of rotatable bonds is 6. The third-order valence-corrected chi connectivity index (χ3v) is 7.32. The Bertz CT molecular complexity index is 417. The molecule has 0 aromatic heterocycles. The van der Waals surface area contributed by atoms with Crippen molar-refractivity contribution < 1.29 is 14.2 Å². The lowest BCUT2D eigenvalue weighted by Crippen LogP contribution is -2.39. The van der Waals surface area contributed by atoms with Crippen molar-refractivity contribution in [3.05, 3.63) is 0 Å². The first-order valence-corrected chi connectivity index (χ1v) is 10.2. The predicted octanol–water partition coefficient (Wildman–Crippen LogP) is 4.97. The molecule has 0 amide bonds. The van der Waals surface area contributed by atoms with Gasteiger partial charge in [-0.3, -0.25) is 0 Å². The Hall–Kier alpha value is -0.120. The molecule has 140 valence electrons. The minimum Gasteiger partial charge on any atom is -0.381 e. The summed E-state index contributed by atoms with van der Waals surface area (Å²) in [5, 5.41) is 0. The molecule has 3 nitrogen and oxygen atoms in total. The molecule has 3 fully saturated rings. The minimum atomic E-state index is 0.326. The molecule has 3 unspecified atom stereocenters. The van der Waals surface area contributed by atoms with Crippen molar-refractivity contribution in [3.8, 4) is 0 Å². The van der Waals surface area contributed by atoms with Crippen molar-refractivity contribution in [2.45, 2.75) is 91.3 Å². The summed E-state index contributed by atoms with van der Waals surface area (Å²) in [6, 6.07) is 0. The van der Waals surface area contributed by atoms with E-state index in [2.05, 4.69) is 27.7 Å². The van der Waals surface area contributed by atoms with Gasteiger partial charge >= 0.3 is 0 Å². The molecular formula is C21H38O3. The van der Waals surface area contributed by atoms with Crippen LogP contribution in [0.5, 0.6) is 0 Å². The van der Waals surface area contributed by atoms with Gasteiger partial charge in [-0.25, -0.2) is 0 Å². The highest BCUT2D eigenvalue weighted by Crippen LogP contribution is 2.48. The highest BCUT2D eigenvalue weighted by molar-refractivity contribution is 4.93. The van der Waals surface area contributed by atoms with Gasteiger partial charge < -0.3 is 14.2 Å². The summed E-state index contributed by atoms with van der Waals surface area (Å²) in [4.78, 5) is 0. The fraction of sp³-hybridized carbons (Fsp3) is 1.00. The molecule has 3 heterocycles. The summed E-state index contributed by atoms with van der Waals surface area (Å²) >= 11 is 0. The molecule has 0 saturated carbocycles. The zero-order chi connectivity index (χ0) is 17.3. The standard InChI is InChI=1S/C21H38O3/c1-5-19(3)11-18(24-16-19)14-21(6-2)8-10-23-17(13-21)12-20(4)7-9-22-15-20/h17-18H,5-16H2,1-4H3/t17?,18?,19-,20-,21?/m1/s1. The molecule has 0 N–H and O–H groups in total. The smallest absolute Gasteiger partial charge is 0.0586 e. The molecule has 5 atom stereocenters. The van der Waals surface area contributed by atoms with E-state index < -0.39 is 0 Å². The topological polar surface area (TPSA) is 27.7 Å². The number of hydrogen-bond acceptors (Lipinski definition) is 3. The Morgan fingerprint density at radius 2 is 1.58 bits per heavy atom.